The number of carbonyl (C=O) groups excluding carboxylic acids is 4. The van der Waals surface area contributed by atoms with E-state index in [9.17, 15) is 19.2 Å². The fourth-order valence-electron chi connectivity index (χ4n) is 2.00. The largest absolute Gasteiger partial charge is 0.454 e. The minimum absolute atomic E-state index is 0.269. The molecule has 1 aromatic carbocycles. The highest BCUT2D eigenvalue weighted by Gasteiger charge is 2.26. The zero-order valence-electron chi connectivity index (χ0n) is 15.7. The molecule has 9 nitrogen and oxygen atoms in total. The molecular weight excluding hydrogens is 352 g/mol. The van der Waals surface area contributed by atoms with Gasteiger partial charge < -0.3 is 20.7 Å². The molecule has 0 unspecified atom stereocenters. The molecule has 1 aromatic rings. The number of esters is 1. The van der Waals surface area contributed by atoms with Gasteiger partial charge in [-0.15, -0.1) is 0 Å². The Balaban J connectivity index is 2.49. The number of hydrogen-bond donors (Lipinski definition) is 4. The van der Waals surface area contributed by atoms with Crippen molar-refractivity contribution < 1.29 is 23.9 Å². The Hall–Kier alpha value is -3.10. The number of carbonyl (C=O) groups is 4. The van der Waals surface area contributed by atoms with Crippen molar-refractivity contribution in [1.82, 2.24) is 16.0 Å². The summed E-state index contributed by atoms with van der Waals surface area (Å²) in [7, 11) is 0. The van der Waals surface area contributed by atoms with Crippen molar-refractivity contribution in [2.24, 2.45) is 5.92 Å². The van der Waals surface area contributed by atoms with Gasteiger partial charge in [0.2, 0.25) is 0 Å². The Morgan fingerprint density at radius 1 is 1.04 bits per heavy atom. The van der Waals surface area contributed by atoms with Gasteiger partial charge in [0, 0.05) is 12.2 Å². The lowest BCUT2D eigenvalue weighted by Gasteiger charge is -2.21. The normalized spacial score (nSPS) is 11.3. The van der Waals surface area contributed by atoms with Crippen LogP contribution in [0.1, 0.15) is 27.2 Å². The molecule has 0 bridgehead atoms. The molecule has 0 aliphatic heterocycles. The first-order valence-electron chi connectivity index (χ1n) is 8.70. The molecule has 0 saturated carbocycles. The van der Waals surface area contributed by atoms with E-state index in [1.165, 1.54) is 0 Å². The van der Waals surface area contributed by atoms with Crippen LogP contribution in [0.5, 0.6) is 0 Å². The topological polar surface area (TPSA) is 126 Å². The third kappa shape index (κ3) is 8.70. The molecule has 5 amide bonds. The van der Waals surface area contributed by atoms with Gasteiger partial charge in [-0.1, -0.05) is 39.0 Å². The van der Waals surface area contributed by atoms with Crippen molar-refractivity contribution in [3.63, 3.8) is 0 Å². The molecule has 1 atom stereocenters. The molecule has 4 N–H and O–H groups in total. The predicted molar refractivity (Wildman–Crippen MR) is 100 cm³/mol. The molecule has 9 heteroatoms. The lowest BCUT2D eigenvalue weighted by atomic mass is 10.1. The highest BCUT2D eigenvalue weighted by molar-refractivity contribution is 5.96. The van der Waals surface area contributed by atoms with Gasteiger partial charge in [0.15, 0.2) is 6.61 Å². The van der Waals surface area contributed by atoms with E-state index in [-0.39, 0.29) is 5.92 Å². The molecular formula is C18H26N4O5. The van der Waals surface area contributed by atoms with Gasteiger partial charge in [0.05, 0.1) is 0 Å². The maximum atomic E-state index is 12.2. The van der Waals surface area contributed by atoms with E-state index >= 15 is 0 Å². The Morgan fingerprint density at radius 3 is 2.30 bits per heavy atom. The summed E-state index contributed by atoms with van der Waals surface area (Å²) < 4.78 is 4.91. The van der Waals surface area contributed by atoms with E-state index in [0.29, 0.717) is 12.2 Å². The number of nitrogens with one attached hydrogen (secondary N) is 4. The van der Waals surface area contributed by atoms with Crippen LogP contribution >= 0.6 is 0 Å². The summed E-state index contributed by atoms with van der Waals surface area (Å²) in [6, 6.07) is 6.57. The van der Waals surface area contributed by atoms with Crippen molar-refractivity contribution in [2.45, 2.75) is 33.2 Å². The Labute approximate surface area is 158 Å². The highest BCUT2D eigenvalue weighted by atomic mass is 16.5. The quantitative estimate of drug-likeness (QED) is 0.511. The predicted octanol–water partition coefficient (Wildman–Crippen LogP) is 1.61. The highest BCUT2D eigenvalue weighted by Crippen LogP contribution is 2.07. The molecule has 0 aliphatic carbocycles. The second kappa shape index (κ2) is 11.5. The Kier molecular flexibility index (Phi) is 9.35. The Bertz CT molecular complexity index is 648. The molecule has 0 heterocycles. The van der Waals surface area contributed by atoms with Gasteiger partial charge in [-0.05, 0) is 24.5 Å². The SMILES string of the molecule is CCCNC(=O)NC(=O)COC(=O)[C@H](NC(=O)Nc1ccccc1)C(C)C. The minimum Gasteiger partial charge on any atom is -0.454 e. The molecule has 0 radical (unpaired) electrons. The van der Waals surface area contributed by atoms with Crippen LogP contribution in [0.25, 0.3) is 0 Å². The third-order valence-corrected chi connectivity index (χ3v) is 3.37. The van der Waals surface area contributed by atoms with Crippen molar-refractivity contribution in [2.75, 3.05) is 18.5 Å². The van der Waals surface area contributed by atoms with Crippen LogP contribution in [0.4, 0.5) is 15.3 Å². The van der Waals surface area contributed by atoms with Crippen LogP contribution in [-0.2, 0) is 14.3 Å². The number of para-hydroxylation sites is 1. The number of ether oxygens (including phenoxy) is 1. The van der Waals surface area contributed by atoms with Gasteiger partial charge in [-0.25, -0.2) is 14.4 Å². The number of hydrogen-bond acceptors (Lipinski definition) is 5. The maximum Gasteiger partial charge on any atom is 0.329 e. The fraction of sp³-hybridized carbons (Fsp3) is 0.444. The van der Waals surface area contributed by atoms with Gasteiger partial charge in [-0.2, -0.15) is 0 Å². The lowest BCUT2D eigenvalue weighted by molar-refractivity contribution is -0.151. The minimum atomic E-state index is -0.949. The smallest absolute Gasteiger partial charge is 0.329 e. The van der Waals surface area contributed by atoms with E-state index in [1.807, 2.05) is 18.3 Å². The summed E-state index contributed by atoms with van der Waals surface area (Å²) in [4.78, 5) is 47.2. The fourth-order valence-corrected chi connectivity index (χ4v) is 2.00. The van der Waals surface area contributed by atoms with Gasteiger partial charge in [-0.3, -0.25) is 10.1 Å². The summed E-state index contributed by atoms with van der Waals surface area (Å²) in [6.07, 6.45) is 0.726. The zero-order chi connectivity index (χ0) is 20.2. The van der Waals surface area contributed by atoms with E-state index < -0.39 is 36.6 Å². The monoisotopic (exact) mass is 378 g/mol. The van der Waals surface area contributed by atoms with E-state index in [2.05, 4.69) is 16.0 Å². The van der Waals surface area contributed by atoms with Gasteiger partial charge >= 0.3 is 18.0 Å². The Morgan fingerprint density at radius 2 is 1.70 bits per heavy atom. The first kappa shape index (κ1) is 21.9. The number of anilines is 1. The van der Waals surface area contributed by atoms with Gasteiger partial charge in [0.1, 0.15) is 6.04 Å². The summed E-state index contributed by atoms with van der Waals surface area (Å²) in [5.74, 6) is -1.79. The second-order valence-corrected chi connectivity index (χ2v) is 6.10. The van der Waals surface area contributed by atoms with Crippen molar-refractivity contribution in [3.8, 4) is 0 Å². The average Bonchev–Trinajstić information content (AvgIpc) is 2.63. The second-order valence-electron chi connectivity index (χ2n) is 6.10. The summed E-state index contributed by atoms with van der Waals surface area (Å²) in [6.45, 7) is 5.13. The molecule has 0 fully saturated rings. The molecule has 0 aliphatic rings. The molecule has 0 aromatic heterocycles. The number of rotatable bonds is 8. The summed E-state index contributed by atoms with van der Waals surface area (Å²) in [5.41, 5.74) is 0.573. The maximum absolute atomic E-state index is 12.2. The van der Waals surface area contributed by atoms with Crippen LogP contribution in [-0.4, -0.2) is 43.1 Å². The molecule has 0 saturated heterocycles. The number of benzene rings is 1. The summed E-state index contributed by atoms with van der Waals surface area (Å²) >= 11 is 0. The van der Waals surface area contributed by atoms with Crippen molar-refractivity contribution >= 4 is 29.6 Å². The average molecular weight is 378 g/mol. The molecule has 0 spiro atoms. The summed E-state index contributed by atoms with van der Waals surface area (Å²) in [5, 5.41) is 9.63. The molecule has 27 heavy (non-hydrogen) atoms. The van der Waals surface area contributed by atoms with E-state index in [1.54, 1.807) is 38.1 Å². The number of imide groups is 1. The third-order valence-electron chi connectivity index (χ3n) is 3.37. The first-order chi connectivity index (χ1) is 12.8. The molecule has 1 rings (SSSR count). The van der Waals surface area contributed by atoms with E-state index in [0.717, 1.165) is 6.42 Å². The van der Waals surface area contributed by atoms with Crippen LogP contribution in [0.2, 0.25) is 0 Å². The number of amides is 5. The van der Waals surface area contributed by atoms with E-state index in [4.69, 9.17) is 4.74 Å². The van der Waals surface area contributed by atoms with Crippen LogP contribution in [0.15, 0.2) is 30.3 Å². The number of urea groups is 2. The van der Waals surface area contributed by atoms with Crippen LogP contribution in [0.3, 0.4) is 0 Å². The first-order valence-corrected chi connectivity index (χ1v) is 8.70. The molecule has 148 valence electrons. The van der Waals surface area contributed by atoms with Crippen molar-refractivity contribution in [3.05, 3.63) is 30.3 Å². The lowest BCUT2D eigenvalue weighted by Crippen LogP contribution is -2.48. The van der Waals surface area contributed by atoms with Crippen molar-refractivity contribution in [1.29, 1.82) is 0 Å². The van der Waals surface area contributed by atoms with Crippen LogP contribution in [0, 0.1) is 5.92 Å². The standard InChI is InChI=1S/C18H26N4O5/c1-4-10-19-17(25)21-14(23)11-27-16(24)15(12(2)3)22-18(26)20-13-8-6-5-7-9-13/h5-9,12,15H,4,10-11H2,1-3H3,(H2,20,22,26)(H2,19,21,23,25)/t15-/m1/s1. The van der Waals surface area contributed by atoms with Crippen LogP contribution < -0.4 is 21.3 Å². The zero-order valence-corrected chi connectivity index (χ0v) is 15.7. The van der Waals surface area contributed by atoms with Gasteiger partial charge in [0.25, 0.3) is 5.91 Å².